The maximum absolute atomic E-state index is 12.4. The van der Waals surface area contributed by atoms with Crippen LogP contribution in [0.5, 0.6) is 0 Å². The lowest BCUT2D eigenvalue weighted by Crippen LogP contribution is -2.30. The summed E-state index contributed by atoms with van der Waals surface area (Å²) >= 11 is 0. The molecule has 7 heteroatoms. The van der Waals surface area contributed by atoms with Gasteiger partial charge in [-0.05, 0) is 73.7 Å². The number of aliphatic hydroxyl groups excluding tert-OH is 1. The van der Waals surface area contributed by atoms with Crippen molar-refractivity contribution in [1.29, 1.82) is 0 Å². The highest BCUT2D eigenvalue weighted by Gasteiger charge is 2.16. The number of aliphatic hydroxyl groups is 1. The van der Waals surface area contributed by atoms with Crippen LogP contribution in [0.3, 0.4) is 0 Å². The highest BCUT2D eigenvalue weighted by molar-refractivity contribution is 7.89. The molecule has 0 radical (unpaired) electrons. The van der Waals surface area contributed by atoms with E-state index < -0.39 is 16.1 Å². The summed E-state index contributed by atoms with van der Waals surface area (Å²) < 4.78 is 26.5. The van der Waals surface area contributed by atoms with Gasteiger partial charge in [0.1, 0.15) is 0 Å². The molecule has 0 saturated heterocycles. The van der Waals surface area contributed by atoms with Crippen molar-refractivity contribution in [2.45, 2.75) is 37.2 Å². The summed E-state index contributed by atoms with van der Waals surface area (Å²) in [5.41, 5.74) is 3.72. The van der Waals surface area contributed by atoms with Gasteiger partial charge in [0, 0.05) is 17.8 Å². The number of carbonyl (C=O) groups is 1. The number of amides is 1. The molecular weight excluding hydrogens is 352 g/mol. The maximum Gasteiger partial charge on any atom is 0.255 e. The van der Waals surface area contributed by atoms with E-state index in [9.17, 15) is 18.3 Å². The lowest BCUT2D eigenvalue weighted by atomic mass is 10.1. The number of aryl methyl sites for hydroxylation is 2. The average molecular weight is 374 g/mol. The van der Waals surface area contributed by atoms with Crippen molar-refractivity contribution in [2.24, 2.45) is 0 Å². The summed E-state index contributed by atoms with van der Waals surface area (Å²) in [6.07, 6.45) is 2.49. The van der Waals surface area contributed by atoms with E-state index >= 15 is 0 Å². The predicted molar refractivity (Wildman–Crippen MR) is 99.7 cm³/mol. The summed E-state index contributed by atoms with van der Waals surface area (Å²) in [5.74, 6) is -0.288. The van der Waals surface area contributed by atoms with E-state index in [2.05, 4.69) is 10.0 Å². The number of nitrogens with one attached hydrogen (secondary N) is 2. The number of benzene rings is 2. The van der Waals surface area contributed by atoms with E-state index in [1.807, 2.05) is 18.2 Å². The van der Waals surface area contributed by atoms with Gasteiger partial charge in [-0.3, -0.25) is 4.79 Å². The number of sulfonamides is 1. The van der Waals surface area contributed by atoms with Crippen LogP contribution in [0.15, 0.2) is 47.4 Å². The molecule has 0 aliphatic heterocycles. The molecular formula is C19H22N2O4S. The highest BCUT2D eigenvalue weighted by atomic mass is 32.2. The van der Waals surface area contributed by atoms with E-state index in [1.54, 1.807) is 0 Å². The van der Waals surface area contributed by atoms with Gasteiger partial charge in [0.2, 0.25) is 10.0 Å². The maximum atomic E-state index is 12.4. The van der Waals surface area contributed by atoms with Crippen molar-refractivity contribution in [3.63, 3.8) is 0 Å². The van der Waals surface area contributed by atoms with Crippen molar-refractivity contribution in [1.82, 2.24) is 4.72 Å². The zero-order valence-electron chi connectivity index (χ0n) is 14.5. The third kappa shape index (κ3) is 4.30. The van der Waals surface area contributed by atoms with Gasteiger partial charge in [0.25, 0.3) is 5.91 Å². The van der Waals surface area contributed by atoms with Crippen LogP contribution in [-0.4, -0.2) is 32.1 Å². The van der Waals surface area contributed by atoms with Gasteiger partial charge in [0.15, 0.2) is 0 Å². The molecule has 0 spiro atoms. The number of hydrogen-bond donors (Lipinski definition) is 3. The zero-order chi connectivity index (χ0) is 18.7. The Morgan fingerprint density at radius 1 is 1.12 bits per heavy atom. The van der Waals surface area contributed by atoms with Gasteiger partial charge in [0.05, 0.1) is 11.0 Å². The van der Waals surface area contributed by atoms with Gasteiger partial charge in [-0.25, -0.2) is 13.1 Å². The summed E-state index contributed by atoms with van der Waals surface area (Å²) in [6, 6.07) is 11.6. The lowest BCUT2D eigenvalue weighted by molar-refractivity contribution is 0.102. The molecule has 0 saturated carbocycles. The summed E-state index contributed by atoms with van der Waals surface area (Å²) in [6.45, 7) is 1.43. The largest absolute Gasteiger partial charge is 0.392 e. The summed E-state index contributed by atoms with van der Waals surface area (Å²) in [5, 5.41) is 12.0. The Labute approximate surface area is 153 Å². The first kappa shape index (κ1) is 18.6. The minimum atomic E-state index is -3.71. The fourth-order valence-corrected chi connectivity index (χ4v) is 4.07. The topological polar surface area (TPSA) is 95.5 Å². The SMILES string of the molecule is CC(O)CNS(=O)(=O)c1ccc(C(=O)Nc2ccc3c(c2)CCC3)cc1. The number of rotatable bonds is 6. The Balaban J connectivity index is 1.69. The molecule has 0 fully saturated rings. The Bertz CT molecular complexity index is 906. The van der Waals surface area contributed by atoms with Crippen LogP contribution in [0.2, 0.25) is 0 Å². The van der Waals surface area contributed by atoms with Crippen LogP contribution >= 0.6 is 0 Å². The van der Waals surface area contributed by atoms with Crippen LogP contribution in [-0.2, 0) is 22.9 Å². The molecule has 3 rings (SSSR count). The van der Waals surface area contributed by atoms with Crippen LogP contribution < -0.4 is 10.0 Å². The summed E-state index contributed by atoms with van der Waals surface area (Å²) in [7, 11) is -3.71. The first-order valence-electron chi connectivity index (χ1n) is 8.56. The molecule has 2 aromatic rings. The second-order valence-corrected chi connectivity index (χ2v) is 8.28. The van der Waals surface area contributed by atoms with Crippen molar-refractivity contribution >= 4 is 21.6 Å². The van der Waals surface area contributed by atoms with Gasteiger partial charge in [-0.15, -0.1) is 0 Å². The Morgan fingerprint density at radius 3 is 2.50 bits per heavy atom. The third-order valence-electron chi connectivity index (χ3n) is 4.35. The number of hydrogen-bond acceptors (Lipinski definition) is 4. The van der Waals surface area contributed by atoms with Crippen molar-refractivity contribution in [2.75, 3.05) is 11.9 Å². The first-order chi connectivity index (χ1) is 12.3. The van der Waals surface area contributed by atoms with E-state index in [-0.39, 0.29) is 17.3 Å². The molecule has 1 unspecified atom stereocenters. The van der Waals surface area contributed by atoms with Gasteiger partial charge >= 0.3 is 0 Å². The van der Waals surface area contributed by atoms with Crippen LogP contribution in [0, 0.1) is 0 Å². The van der Waals surface area contributed by atoms with E-state index in [0.29, 0.717) is 5.56 Å². The molecule has 2 aromatic carbocycles. The number of carbonyl (C=O) groups excluding carboxylic acids is 1. The molecule has 1 amide bonds. The van der Waals surface area contributed by atoms with Gasteiger partial charge in [-0.1, -0.05) is 6.07 Å². The molecule has 0 bridgehead atoms. The average Bonchev–Trinajstić information content (AvgIpc) is 3.08. The van der Waals surface area contributed by atoms with Crippen LogP contribution in [0.25, 0.3) is 0 Å². The minimum Gasteiger partial charge on any atom is -0.392 e. The standard InChI is InChI=1S/C19H22N2O4S/c1-13(22)12-20-26(24,25)18-9-6-15(7-10-18)19(23)21-17-8-5-14-3-2-4-16(14)11-17/h5-11,13,20,22H,2-4,12H2,1H3,(H,21,23). The molecule has 6 nitrogen and oxygen atoms in total. The molecule has 0 aromatic heterocycles. The monoisotopic (exact) mass is 374 g/mol. The molecule has 1 aliphatic carbocycles. The van der Waals surface area contributed by atoms with E-state index in [0.717, 1.165) is 24.9 Å². The first-order valence-corrected chi connectivity index (χ1v) is 10.0. The predicted octanol–water partition coefficient (Wildman–Crippen LogP) is 2.09. The van der Waals surface area contributed by atoms with Gasteiger partial charge < -0.3 is 10.4 Å². The summed E-state index contributed by atoms with van der Waals surface area (Å²) in [4.78, 5) is 12.4. The Kier molecular flexibility index (Phi) is 5.41. The lowest BCUT2D eigenvalue weighted by Gasteiger charge is -2.10. The van der Waals surface area contributed by atoms with Crippen molar-refractivity contribution < 1.29 is 18.3 Å². The highest BCUT2D eigenvalue weighted by Crippen LogP contribution is 2.25. The number of anilines is 1. The van der Waals surface area contributed by atoms with E-state index in [1.165, 1.54) is 42.3 Å². The third-order valence-corrected chi connectivity index (χ3v) is 5.79. The van der Waals surface area contributed by atoms with E-state index in [4.69, 9.17) is 0 Å². The quantitative estimate of drug-likeness (QED) is 0.721. The van der Waals surface area contributed by atoms with Crippen molar-refractivity contribution in [3.05, 3.63) is 59.2 Å². The second-order valence-electron chi connectivity index (χ2n) is 6.52. The molecule has 138 valence electrons. The Morgan fingerprint density at radius 2 is 1.81 bits per heavy atom. The molecule has 0 heterocycles. The fraction of sp³-hybridized carbons (Fsp3) is 0.316. The minimum absolute atomic E-state index is 0.0484. The smallest absolute Gasteiger partial charge is 0.255 e. The number of fused-ring (bicyclic) bond motifs is 1. The second kappa shape index (κ2) is 7.57. The fourth-order valence-electron chi connectivity index (χ4n) is 2.95. The zero-order valence-corrected chi connectivity index (χ0v) is 15.3. The van der Waals surface area contributed by atoms with Crippen LogP contribution in [0.1, 0.15) is 34.8 Å². The molecule has 1 atom stereocenters. The molecule has 26 heavy (non-hydrogen) atoms. The molecule has 1 aliphatic rings. The van der Waals surface area contributed by atoms with Gasteiger partial charge in [-0.2, -0.15) is 0 Å². The normalized spacial score (nSPS) is 14.7. The van der Waals surface area contributed by atoms with Crippen molar-refractivity contribution in [3.8, 4) is 0 Å². The molecule has 3 N–H and O–H groups in total. The van der Waals surface area contributed by atoms with Crippen LogP contribution in [0.4, 0.5) is 5.69 Å². The Hall–Kier alpha value is -2.22.